The van der Waals surface area contributed by atoms with E-state index >= 15 is 13.7 Å². The van der Waals surface area contributed by atoms with E-state index in [1.165, 1.54) is 81.5 Å². The molecular weight excluding hydrogens is 1800 g/mol. The van der Waals surface area contributed by atoms with Crippen molar-refractivity contribution in [1.29, 1.82) is 0 Å². The van der Waals surface area contributed by atoms with Gasteiger partial charge in [0.2, 0.25) is 0 Å². The van der Waals surface area contributed by atoms with Gasteiger partial charge >= 0.3 is 0 Å². The second-order valence-electron chi connectivity index (χ2n) is 38.0. The second-order valence-corrected chi connectivity index (χ2v) is 46.3. The Morgan fingerprint density at radius 2 is 0.615 bits per heavy atom. The second kappa shape index (κ2) is 32.1. The summed E-state index contributed by atoms with van der Waals surface area (Å²) in [5.74, 6) is 0. The third kappa shape index (κ3) is 12.4. The van der Waals surface area contributed by atoms with Gasteiger partial charge in [-0.2, -0.15) is 0 Å². The molecule has 0 aliphatic heterocycles. The van der Waals surface area contributed by atoms with Crippen LogP contribution in [0.25, 0.3) is 202 Å². The van der Waals surface area contributed by atoms with Crippen LogP contribution in [0.5, 0.6) is 0 Å². The van der Waals surface area contributed by atoms with Crippen LogP contribution in [-0.2, 0) is 20.1 Å². The zero-order valence-corrected chi connectivity index (χ0v) is 79.9. The summed E-state index contributed by atoms with van der Waals surface area (Å²) in [6.45, 7) is 0. The minimum atomic E-state index is -3.38. The summed E-state index contributed by atoms with van der Waals surface area (Å²) in [6, 6.07) is 169. The number of para-hydroxylation sites is 3. The van der Waals surface area contributed by atoms with E-state index in [-0.39, 0.29) is 5.66 Å². The predicted octanol–water partition coefficient (Wildman–Crippen LogP) is 30.2. The fraction of sp³-hybridized carbons (Fsp3) is 0.0153. The maximum Gasteiger partial charge on any atom is 0.171 e. The van der Waals surface area contributed by atoms with Gasteiger partial charge < -0.3 is 13.7 Å². The molecule has 0 fully saturated rings. The molecular formula is C131H83N6O3P3. The maximum atomic E-state index is 16.5. The van der Waals surface area contributed by atoms with Crippen molar-refractivity contribution in [2.45, 2.75) is 12.1 Å². The Morgan fingerprint density at radius 3 is 1.27 bits per heavy atom. The summed E-state index contributed by atoms with van der Waals surface area (Å²) in [5, 5.41) is 30.4. The highest BCUT2D eigenvalue weighted by Crippen LogP contribution is 2.67. The molecule has 0 radical (unpaired) electrons. The number of fused-ring (bicyclic) bond motifs is 40. The van der Waals surface area contributed by atoms with Crippen LogP contribution in [0.2, 0.25) is 0 Å². The number of hydrogen-bond donors (Lipinski definition) is 0. The maximum absolute atomic E-state index is 16.5. The molecule has 0 bridgehead atoms. The van der Waals surface area contributed by atoms with Crippen molar-refractivity contribution in [3.8, 4) is 22.3 Å². The minimum absolute atomic E-state index is 0.327. The minimum Gasteiger partial charge on any atom is -0.313 e. The van der Waals surface area contributed by atoms with Crippen molar-refractivity contribution >= 4 is 244 Å². The van der Waals surface area contributed by atoms with E-state index < -0.39 is 21.4 Å². The number of imidazole rings is 3. The summed E-state index contributed by atoms with van der Waals surface area (Å²) in [4.78, 5) is 16.1. The lowest BCUT2D eigenvalue weighted by Gasteiger charge is -2.27. The fourth-order valence-electron chi connectivity index (χ4n) is 24.1. The monoisotopic (exact) mass is 1880 g/mol. The van der Waals surface area contributed by atoms with Crippen molar-refractivity contribution in [1.82, 2.24) is 28.2 Å². The highest BCUT2D eigenvalue weighted by molar-refractivity contribution is 7.86. The molecule has 670 valence electrons. The van der Waals surface area contributed by atoms with Crippen LogP contribution in [0.4, 0.5) is 0 Å². The Bertz CT molecular complexity index is 10700. The van der Waals surface area contributed by atoms with E-state index in [0.29, 0.717) is 0 Å². The lowest BCUT2D eigenvalue weighted by atomic mass is 10.0. The normalized spacial score (nSPS) is 13.8. The lowest BCUT2D eigenvalue weighted by molar-refractivity contribution is 0.583. The number of rotatable bonds is 9. The first-order valence-electron chi connectivity index (χ1n) is 48.7. The van der Waals surface area contributed by atoms with E-state index in [1.807, 2.05) is 78.9 Å². The van der Waals surface area contributed by atoms with Gasteiger partial charge in [0.25, 0.3) is 0 Å². The first-order valence-corrected chi connectivity index (χ1v) is 53.9. The molecule has 0 spiro atoms. The molecule has 0 saturated heterocycles. The van der Waals surface area contributed by atoms with Crippen LogP contribution in [0.15, 0.2) is 485 Å². The zero-order chi connectivity index (χ0) is 94.5. The summed E-state index contributed by atoms with van der Waals surface area (Å²) in [7, 11) is -10.1. The molecule has 31 rings (SSSR count). The van der Waals surface area contributed by atoms with E-state index in [4.69, 9.17) is 15.0 Å². The highest BCUT2D eigenvalue weighted by Gasteiger charge is 2.46. The van der Waals surface area contributed by atoms with Gasteiger partial charge in [0.05, 0.1) is 49.8 Å². The average Bonchev–Trinajstić information content (AvgIpc) is 1.56. The molecule has 29 aromatic rings. The third-order valence-corrected chi connectivity index (χ3v) is 40.0. The van der Waals surface area contributed by atoms with Crippen LogP contribution >= 0.6 is 21.4 Å². The van der Waals surface area contributed by atoms with Crippen LogP contribution in [0.3, 0.4) is 0 Å². The summed E-state index contributed by atoms with van der Waals surface area (Å²) < 4.78 is 55.9. The Balaban J connectivity index is 0.000000102. The topological polar surface area (TPSA) is 103 Å². The van der Waals surface area contributed by atoms with Gasteiger partial charge in [-0.1, -0.05) is 425 Å². The molecule has 6 aromatic heterocycles. The molecule has 3 atom stereocenters. The van der Waals surface area contributed by atoms with Gasteiger partial charge in [-0.25, -0.2) is 15.0 Å². The average molecular weight is 1880 g/mol. The standard InChI is InChI=1S/C47H29N2OP.2C42H27N2OP/c50-51(35-21-19-30-9-1-2-12-33(30)27-35,36-22-25-39-34(28-36)18-17-31-10-3-5-13-38(31)39)37-23-26-45-44(29-37)48-47-43-16-8-7-15-41(43)42-24-20-32-11-4-6-14-40(32)46(42)49(45)47;45-46(30-13-2-1-3-14-30,31-22-24-33-29(26-31)25-28-12-5-6-15-32(28)33)39-20-10-17-35-36-23-21-27-11-4-7-16-34(27)41(36)44-38-19-9-8-18-37(38)43-42(44)40(35)39;45-46(28-14-2-1-3-15-28,41-34-20-9-6-17-30(34)31-18-7-10-21-35(31)41)38-24-12-23-37-39(38)43-42-36-22-11-8-19-32(36)33-26-25-27-13-4-5-16-29(27)40(33)44(37)42/h1-29H;1-24,26H,25H2;1-26,41H. The van der Waals surface area contributed by atoms with Crippen LogP contribution < -0.4 is 42.4 Å². The smallest absolute Gasteiger partial charge is 0.171 e. The zero-order valence-electron chi connectivity index (χ0n) is 77.2. The molecule has 0 saturated carbocycles. The van der Waals surface area contributed by atoms with Crippen LogP contribution in [-0.4, -0.2) is 28.2 Å². The number of benzene rings is 23. The molecule has 9 nitrogen and oxygen atoms in total. The SMILES string of the molecule is O=P(c1ccc2ccccc2c1)(c1ccc2c(ccc3ccccc32)c1)c1ccc2c(c1)nc1c3ccccc3c3ccc4ccccc4c3n21.O=P(c1ccccc1)(c1ccc2c(c1)Cc1ccccc1-2)c1cccc2c3ccc4ccccc4c3n3c4ccccc4nc3c12.O=P(c1ccccc1)(c1cccc2c1nc1c3ccccc3c3ccc4ccccc4c3n21)C1c2ccccc2-c2ccccc21. The van der Waals surface area contributed by atoms with E-state index in [2.05, 4.69) is 420 Å². The largest absolute Gasteiger partial charge is 0.313 e. The lowest BCUT2D eigenvalue weighted by Crippen LogP contribution is -2.26. The summed E-state index contributed by atoms with van der Waals surface area (Å²) >= 11 is 0. The Kier molecular flexibility index (Phi) is 18.6. The van der Waals surface area contributed by atoms with Crippen molar-refractivity contribution < 1.29 is 13.7 Å². The molecule has 23 aromatic carbocycles. The third-order valence-electron chi connectivity index (χ3n) is 30.5. The quantitative estimate of drug-likeness (QED) is 0.105. The summed E-state index contributed by atoms with van der Waals surface area (Å²) in [6.07, 6.45) is 0.845. The van der Waals surface area contributed by atoms with E-state index in [1.54, 1.807) is 0 Å². The highest BCUT2D eigenvalue weighted by atomic mass is 31.2. The molecule has 2 aliphatic carbocycles. The van der Waals surface area contributed by atoms with Crippen LogP contribution in [0, 0.1) is 0 Å². The van der Waals surface area contributed by atoms with Crippen LogP contribution in [0.1, 0.15) is 27.9 Å². The molecule has 143 heavy (non-hydrogen) atoms. The fourth-order valence-corrected chi connectivity index (χ4v) is 33.2. The molecule has 2 aliphatic rings. The number of hydrogen-bond acceptors (Lipinski definition) is 6. The number of aromatic nitrogens is 6. The Morgan fingerprint density at radius 1 is 0.217 bits per heavy atom. The van der Waals surface area contributed by atoms with Crippen molar-refractivity contribution in [2.75, 3.05) is 0 Å². The molecule has 12 heteroatoms. The van der Waals surface area contributed by atoms with Gasteiger partial charge in [-0.15, -0.1) is 0 Å². The van der Waals surface area contributed by atoms with E-state index in [9.17, 15) is 0 Å². The van der Waals surface area contributed by atoms with Gasteiger partial charge in [0.15, 0.2) is 21.4 Å². The first kappa shape index (κ1) is 82.8. The van der Waals surface area contributed by atoms with Crippen molar-refractivity contribution in [2.24, 2.45) is 0 Å². The first-order chi connectivity index (χ1) is 70.6. The number of nitrogens with zero attached hydrogens (tertiary/aromatic N) is 6. The Hall–Kier alpha value is -17.3. The predicted molar refractivity (Wildman–Crippen MR) is 602 cm³/mol. The van der Waals surface area contributed by atoms with Gasteiger partial charge in [-0.3, -0.25) is 13.2 Å². The van der Waals surface area contributed by atoms with Gasteiger partial charge in [0, 0.05) is 90.9 Å². The van der Waals surface area contributed by atoms with E-state index in [0.717, 1.165) is 192 Å². The van der Waals surface area contributed by atoms with Gasteiger partial charge in [-0.05, 0) is 176 Å². The summed E-state index contributed by atoms with van der Waals surface area (Å²) in [5.41, 5.74) is 20.8. The van der Waals surface area contributed by atoms with Crippen molar-refractivity contribution in [3.05, 3.63) is 508 Å². The molecule has 6 heterocycles. The number of pyridine rings is 3. The molecule has 3 unspecified atom stereocenters. The van der Waals surface area contributed by atoms with Crippen molar-refractivity contribution in [3.63, 3.8) is 0 Å². The Labute approximate surface area is 821 Å². The molecule has 0 N–H and O–H groups in total. The van der Waals surface area contributed by atoms with Gasteiger partial charge in [0.1, 0.15) is 22.5 Å². The molecule has 0 amide bonds.